The summed E-state index contributed by atoms with van der Waals surface area (Å²) in [6.07, 6.45) is 2.73. The fourth-order valence-corrected chi connectivity index (χ4v) is 4.90. The fourth-order valence-electron chi connectivity index (χ4n) is 4.90. The number of benzene rings is 2. The van der Waals surface area contributed by atoms with Crippen molar-refractivity contribution in [3.8, 4) is 0 Å². The van der Waals surface area contributed by atoms with Crippen LogP contribution in [0.2, 0.25) is 0 Å². The van der Waals surface area contributed by atoms with Crippen molar-refractivity contribution in [1.82, 2.24) is 0 Å². The summed E-state index contributed by atoms with van der Waals surface area (Å²) in [5, 5.41) is 0. The predicted molar refractivity (Wildman–Crippen MR) is 105 cm³/mol. The smallest absolute Gasteiger partial charge is 0.127 e. The number of hydrogen-bond acceptors (Lipinski definition) is 0. The van der Waals surface area contributed by atoms with Gasteiger partial charge in [-0.3, -0.25) is 0 Å². The lowest BCUT2D eigenvalue weighted by Crippen LogP contribution is -3.30. The lowest BCUT2D eigenvalue weighted by molar-refractivity contribution is -1.04. The summed E-state index contributed by atoms with van der Waals surface area (Å²) in [5.41, 5.74) is 2.73. The first-order chi connectivity index (χ1) is 13.3. The van der Waals surface area contributed by atoms with Crippen LogP contribution >= 0.6 is 0 Å². The Morgan fingerprint density at radius 3 is 1.85 bits per heavy atom. The lowest BCUT2D eigenvalue weighted by atomic mass is 10.0. The normalized spacial score (nSPS) is 28.8. The largest absolute Gasteiger partial charge is 0.331 e. The van der Waals surface area contributed by atoms with Crippen molar-refractivity contribution in [1.29, 1.82) is 0 Å². The second-order valence-corrected chi connectivity index (χ2v) is 8.40. The van der Waals surface area contributed by atoms with Crippen LogP contribution in [0.5, 0.6) is 0 Å². The van der Waals surface area contributed by atoms with Gasteiger partial charge in [0.25, 0.3) is 0 Å². The van der Waals surface area contributed by atoms with E-state index in [4.69, 9.17) is 0 Å². The van der Waals surface area contributed by atoms with Crippen LogP contribution in [-0.4, -0.2) is 45.3 Å². The molecular formula is C23H33FN3+3. The van der Waals surface area contributed by atoms with E-state index in [0.29, 0.717) is 0 Å². The first-order valence-corrected chi connectivity index (χ1v) is 10.6. The van der Waals surface area contributed by atoms with Gasteiger partial charge in [-0.1, -0.05) is 42.5 Å². The molecule has 144 valence electrons. The minimum atomic E-state index is -0.135. The van der Waals surface area contributed by atoms with Gasteiger partial charge in [-0.05, 0) is 12.1 Å². The second kappa shape index (κ2) is 8.96. The van der Waals surface area contributed by atoms with Crippen molar-refractivity contribution >= 4 is 0 Å². The molecule has 2 saturated heterocycles. The monoisotopic (exact) mass is 370 g/mol. The Kier molecular flexibility index (Phi) is 6.17. The summed E-state index contributed by atoms with van der Waals surface area (Å²) in [6.45, 7) is 9.90. The van der Waals surface area contributed by atoms with E-state index < -0.39 is 0 Å². The molecule has 0 atom stereocenters. The van der Waals surface area contributed by atoms with Gasteiger partial charge in [0.1, 0.15) is 45.1 Å². The number of nitrogens with one attached hydrogen (secondary N) is 3. The first-order valence-electron chi connectivity index (χ1n) is 10.6. The Morgan fingerprint density at radius 1 is 0.667 bits per heavy atom. The minimum absolute atomic E-state index is 0.135. The number of hydrogen-bond donors (Lipinski definition) is 3. The lowest BCUT2D eigenvalue weighted by Gasteiger charge is -2.37. The van der Waals surface area contributed by atoms with Crippen LogP contribution in [0.25, 0.3) is 0 Å². The molecule has 0 radical (unpaired) electrons. The summed E-state index contributed by atoms with van der Waals surface area (Å²) in [4.78, 5) is 5.23. The molecule has 2 aromatic carbocycles. The van der Waals surface area contributed by atoms with Gasteiger partial charge in [0.05, 0.1) is 19.1 Å². The zero-order valence-electron chi connectivity index (χ0n) is 16.2. The SMILES string of the molecule is Fc1ccc(C[NH+]2CC[NH+](C3CC[NH+](Cc4ccccc4)CC3)CC2)cc1. The second-order valence-electron chi connectivity index (χ2n) is 8.40. The van der Waals surface area contributed by atoms with E-state index in [0.717, 1.165) is 12.6 Å². The van der Waals surface area contributed by atoms with E-state index in [1.807, 2.05) is 17.0 Å². The number of likely N-dealkylation sites (tertiary alicyclic amines) is 1. The third kappa shape index (κ3) is 5.16. The summed E-state index contributed by atoms with van der Waals surface area (Å²) < 4.78 is 13.1. The van der Waals surface area contributed by atoms with Gasteiger partial charge < -0.3 is 14.7 Å². The van der Waals surface area contributed by atoms with Gasteiger partial charge in [-0.15, -0.1) is 0 Å². The molecule has 0 unspecified atom stereocenters. The Morgan fingerprint density at radius 2 is 1.22 bits per heavy atom. The molecule has 3 nitrogen and oxygen atoms in total. The molecule has 27 heavy (non-hydrogen) atoms. The molecule has 2 aliphatic rings. The number of piperazine rings is 1. The highest BCUT2D eigenvalue weighted by Gasteiger charge is 2.33. The van der Waals surface area contributed by atoms with Crippen molar-refractivity contribution in [2.45, 2.75) is 32.0 Å². The maximum atomic E-state index is 13.1. The van der Waals surface area contributed by atoms with Gasteiger partial charge in [-0.25, -0.2) is 4.39 Å². The highest BCUT2D eigenvalue weighted by Crippen LogP contribution is 2.02. The Labute approximate surface area is 162 Å². The Bertz CT molecular complexity index is 687. The van der Waals surface area contributed by atoms with Crippen molar-refractivity contribution in [2.75, 3.05) is 39.3 Å². The molecule has 3 N–H and O–H groups in total. The quantitative estimate of drug-likeness (QED) is 0.620. The molecule has 0 spiro atoms. The van der Waals surface area contributed by atoms with Crippen molar-refractivity contribution in [3.05, 3.63) is 71.5 Å². The van der Waals surface area contributed by atoms with E-state index in [-0.39, 0.29) is 5.82 Å². The summed E-state index contributed by atoms with van der Waals surface area (Å²) in [6, 6.07) is 18.8. The summed E-state index contributed by atoms with van der Waals surface area (Å²) in [7, 11) is 0. The van der Waals surface area contributed by atoms with Crippen molar-refractivity contribution in [3.63, 3.8) is 0 Å². The third-order valence-corrected chi connectivity index (χ3v) is 6.53. The molecule has 0 saturated carbocycles. The van der Waals surface area contributed by atoms with E-state index in [9.17, 15) is 4.39 Å². The van der Waals surface area contributed by atoms with Crippen LogP contribution in [0.1, 0.15) is 24.0 Å². The number of rotatable bonds is 5. The maximum absolute atomic E-state index is 13.1. The number of halogens is 1. The third-order valence-electron chi connectivity index (χ3n) is 6.53. The Hall–Kier alpha value is -1.75. The molecule has 0 aliphatic carbocycles. The molecule has 0 bridgehead atoms. The highest BCUT2D eigenvalue weighted by atomic mass is 19.1. The van der Waals surface area contributed by atoms with Crippen LogP contribution in [0.3, 0.4) is 0 Å². The van der Waals surface area contributed by atoms with Crippen LogP contribution in [0, 0.1) is 5.82 Å². The van der Waals surface area contributed by atoms with E-state index >= 15 is 0 Å². The topological polar surface area (TPSA) is 13.3 Å². The maximum Gasteiger partial charge on any atom is 0.127 e. The minimum Gasteiger partial charge on any atom is -0.331 e. The molecule has 2 aromatic rings. The molecular weight excluding hydrogens is 337 g/mol. The van der Waals surface area contributed by atoms with E-state index in [2.05, 4.69) is 30.3 Å². The fraction of sp³-hybridized carbons (Fsp3) is 0.478. The van der Waals surface area contributed by atoms with Crippen LogP contribution in [0.15, 0.2) is 54.6 Å². The van der Waals surface area contributed by atoms with Gasteiger partial charge in [0, 0.05) is 24.0 Å². The van der Waals surface area contributed by atoms with Gasteiger partial charge in [0.2, 0.25) is 0 Å². The van der Waals surface area contributed by atoms with Gasteiger partial charge in [0.15, 0.2) is 0 Å². The van der Waals surface area contributed by atoms with Gasteiger partial charge in [-0.2, -0.15) is 0 Å². The predicted octanol–water partition coefficient (Wildman–Crippen LogP) is -0.643. The first kappa shape index (κ1) is 18.6. The molecule has 0 amide bonds. The molecule has 4 heteroatoms. The summed E-state index contributed by atoms with van der Waals surface area (Å²) >= 11 is 0. The molecule has 2 heterocycles. The van der Waals surface area contributed by atoms with Crippen LogP contribution < -0.4 is 14.7 Å². The zero-order valence-corrected chi connectivity index (χ0v) is 16.2. The average molecular weight is 371 g/mol. The van der Waals surface area contributed by atoms with Crippen molar-refractivity contribution < 1.29 is 19.1 Å². The van der Waals surface area contributed by atoms with Crippen LogP contribution in [-0.2, 0) is 13.1 Å². The number of quaternary nitrogens is 3. The number of piperidine rings is 1. The zero-order chi connectivity index (χ0) is 18.5. The highest BCUT2D eigenvalue weighted by molar-refractivity contribution is 5.15. The van der Waals surface area contributed by atoms with E-state index in [1.165, 1.54) is 69.8 Å². The summed E-state index contributed by atoms with van der Waals surface area (Å²) in [5.74, 6) is -0.135. The average Bonchev–Trinajstić information content (AvgIpc) is 2.72. The molecule has 2 fully saturated rings. The molecule has 2 aliphatic heterocycles. The van der Waals surface area contributed by atoms with Crippen LogP contribution in [0.4, 0.5) is 4.39 Å². The molecule has 0 aromatic heterocycles. The van der Waals surface area contributed by atoms with E-state index in [1.54, 1.807) is 21.9 Å². The molecule has 4 rings (SSSR count). The van der Waals surface area contributed by atoms with Gasteiger partial charge >= 0.3 is 0 Å². The standard InChI is InChI=1S/C23H30FN3/c24-22-8-6-21(7-9-22)19-26-14-16-27(17-15-26)23-10-12-25(13-11-23)18-20-4-2-1-3-5-20/h1-9,23H,10-19H2/p+3. The van der Waals surface area contributed by atoms with Crippen molar-refractivity contribution in [2.24, 2.45) is 0 Å². The Balaban J connectivity index is 1.20.